The van der Waals surface area contributed by atoms with Crippen molar-refractivity contribution in [2.24, 2.45) is 10.9 Å². The number of morpholine rings is 1. The fourth-order valence-electron chi connectivity index (χ4n) is 3.71. The maximum atomic E-state index is 5.60. The summed E-state index contributed by atoms with van der Waals surface area (Å²) in [5.74, 6) is 2.78. The van der Waals surface area contributed by atoms with Gasteiger partial charge in [-0.2, -0.15) is 0 Å². The zero-order chi connectivity index (χ0) is 18.4. The summed E-state index contributed by atoms with van der Waals surface area (Å²) in [5.41, 5.74) is 1.16. The molecule has 1 unspecified atom stereocenters. The topological polar surface area (TPSA) is 61.8 Å². The van der Waals surface area contributed by atoms with Gasteiger partial charge in [-0.3, -0.25) is 4.99 Å². The lowest BCUT2D eigenvalue weighted by atomic mass is 9.87. The van der Waals surface area contributed by atoms with Gasteiger partial charge < -0.3 is 20.3 Å². The number of guanidine groups is 1. The molecule has 1 aliphatic heterocycles. The van der Waals surface area contributed by atoms with Crippen molar-refractivity contribution in [2.75, 3.05) is 31.6 Å². The third-order valence-electron chi connectivity index (χ3n) is 5.41. The Labute approximate surface area is 180 Å². The van der Waals surface area contributed by atoms with Gasteiger partial charge in [0.1, 0.15) is 5.82 Å². The van der Waals surface area contributed by atoms with Gasteiger partial charge in [-0.1, -0.05) is 13.0 Å². The number of anilines is 1. The van der Waals surface area contributed by atoms with Crippen molar-refractivity contribution in [3.8, 4) is 0 Å². The van der Waals surface area contributed by atoms with Gasteiger partial charge >= 0.3 is 0 Å². The molecular weight excluding hydrogens is 453 g/mol. The number of hydrogen-bond acceptors (Lipinski definition) is 4. The zero-order valence-electron chi connectivity index (χ0n) is 16.8. The summed E-state index contributed by atoms with van der Waals surface area (Å²) in [5, 5.41) is 6.98. The highest BCUT2D eigenvalue weighted by molar-refractivity contribution is 14.0. The molecule has 0 aromatic carbocycles. The third kappa shape index (κ3) is 6.78. The summed E-state index contributed by atoms with van der Waals surface area (Å²) in [6, 6.07) is 4.79. The van der Waals surface area contributed by atoms with Crippen LogP contribution in [0.3, 0.4) is 0 Å². The second kappa shape index (κ2) is 11.0. The number of aromatic nitrogens is 1. The maximum absolute atomic E-state index is 5.60. The summed E-state index contributed by atoms with van der Waals surface area (Å²) < 4.78 is 5.60. The molecule has 1 aromatic rings. The first kappa shape index (κ1) is 22.2. The van der Waals surface area contributed by atoms with Gasteiger partial charge in [-0.15, -0.1) is 24.0 Å². The number of rotatable bonds is 4. The largest absolute Gasteiger partial charge is 0.375 e. The van der Waals surface area contributed by atoms with Crippen LogP contribution in [0, 0.1) is 5.92 Å². The van der Waals surface area contributed by atoms with Crippen LogP contribution >= 0.6 is 24.0 Å². The second-order valence-corrected chi connectivity index (χ2v) is 7.68. The van der Waals surface area contributed by atoms with E-state index in [0.29, 0.717) is 6.04 Å². The van der Waals surface area contributed by atoms with Crippen molar-refractivity contribution in [3.63, 3.8) is 0 Å². The Balaban J connectivity index is 0.00000261. The highest BCUT2D eigenvalue weighted by Crippen LogP contribution is 2.23. The molecule has 0 bridgehead atoms. The first-order valence-corrected chi connectivity index (χ1v) is 9.92. The van der Waals surface area contributed by atoms with Crippen molar-refractivity contribution >= 4 is 35.8 Å². The number of halogens is 1. The molecule has 6 nitrogen and oxygen atoms in total. The number of hydrogen-bond donors (Lipinski definition) is 2. The highest BCUT2D eigenvalue weighted by atomic mass is 127. The van der Waals surface area contributed by atoms with E-state index in [0.717, 1.165) is 49.5 Å². The van der Waals surface area contributed by atoms with Gasteiger partial charge in [0.15, 0.2) is 5.96 Å². The molecule has 0 radical (unpaired) electrons. The molecule has 2 heterocycles. The maximum Gasteiger partial charge on any atom is 0.191 e. The van der Waals surface area contributed by atoms with Crippen LogP contribution in [0.1, 0.15) is 45.1 Å². The molecule has 2 fully saturated rings. The molecule has 3 rings (SSSR count). The molecule has 1 saturated heterocycles. The molecule has 1 atom stereocenters. The summed E-state index contributed by atoms with van der Waals surface area (Å²) in [6.07, 6.45) is 7.30. The van der Waals surface area contributed by atoms with Gasteiger partial charge in [0.2, 0.25) is 0 Å². The zero-order valence-corrected chi connectivity index (χ0v) is 19.1. The van der Waals surface area contributed by atoms with E-state index in [2.05, 4.69) is 51.5 Å². The molecule has 1 aliphatic carbocycles. The quantitative estimate of drug-likeness (QED) is 0.388. The molecular formula is C20H34IN5O. The Bertz CT molecular complexity index is 587. The van der Waals surface area contributed by atoms with Crippen molar-refractivity contribution in [3.05, 3.63) is 23.9 Å². The van der Waals surface area contributed by atoms with Gasteiger partial charge in [0.25, 0.3) is 0 Å². The van der Waals surface area contributed by atoms with Gasteiger partial charge in [-0.25, -0.2) is 4.98 Å². The first-order chi connectivity index (χ1) is 12.6. The van der Waals surface area contributed by atoms with Gasteiger partial charge in [-0.05, 0) is 50.2 Å². The van der Waals surface area contributed by atoms with Crippen LogP contribution < -0.4 is 15.5 Å². The van der Waals surface area contributed by atoms with Crippen LogP contribution in [0.15, 0.2) is 23.3 Å². The van der Waals surface area contributed by atoms with Crippen molar-refractivity contribution in [1.82, 2.24) is 15.6 Å². The lowest BCUT2D eigenvalue weighted by Crippen LogP contribution is -2.44. The predicted molar refractivity (Wildman–Crippen MR) is 122 cm³/mol. The monoisotopic (exact) mass is 487 g/mol. The fourth-order valence-corrected chi connectivity index (χ4v) is 3.71. The van der Waals surface area contributed by atoms with Crippen LogP contribution in [0.5, 0.6) is 0 Å². The lowest BCUT2D eigenvalue weighted by Gasteiger charge is -2.32. The molecule has 2 aliphatic rings. The molecule has 2 N–H and O–H groups in total. The third-order valence-corrected chi connectivity index (χ3v) is 5.41. The molecule has 1 saturated carbocycles. The predicted octanol–water partition coefficient (Wildman–Crippen LogP) is 3.17. The average molecular weight is 487 g/mol. The highest BCUT2D eigenvalue weighted by Gasteiger charge is 2.19. The van der Waals surface area contributed by atoms with E-state index >= 15 is 0 Å². The smallest absolute Gasteiger partial charge is 0.191 e. The van der Waals surface area contributed by atoms with Crippen LogP contribution in [0.2, 0.25) is 0 Å². The Kier molecular flexibility index (Phi) is 9.08. The van der Waals surface area contributed by atoms with E-state index < -0.39 is 0 Å². The lowest BCUT2D eigenvalue weighted by molar-refractivity contribution is 0.0529. The van der Waals surface area contributed by atoms with E-state index in [1.807, 2.05) is 13.2 Å². The van der Waals surface area contributed by atoms with Crippen LogP contribution in [0.4, 0.5) is 5.82 Å². The molecule has 27 heavy (non-hydrogen) atoms. The van der Waals surface area contributed by atoms with Crippen molar-refractivity contribution < 1.29 is 4.74 Å². The summed E-state index contributed by atoms with van der Waals surface area (Å²) in [6.45, 7) is 7.77. The van der Waals surface area contributed by atoms with Crippen LogP contribution in [0.25, 0.3) is 0 Å². The van der Waals surface area contributed by atoms with E-state index in [1.54, 1.807) is 0 Å². The minimum absolute atomic E-state index is 0. The number of ether oxygens (including phenoxy) is 1. The Morgan fingerprint density at radius 2 is 2.04 bits per heavy atom. The standard InChI is InChI=1S/C20H33N5O.HI/c1-15-4-7-18(8-5-15)24-20(21-3)23-13-17-6-9-19(22-12-17)25-10-11-26-16(2)14-25;/h6,9,12,15-16,18H,4-5,7-8,10-11,13-14H2,1-3H3,(H2,21,23,24);1H. The molecule has 1 aromatic heterocycles. The Morgan fingerprint density at radius 1 is 1.26 bits per heavy atom. The normalized spacial score (nSPS) is 26.3. The second-order valence-electron chi connectivity index (χ2n) is 7.68. The summed E-state index contributed by atoms with van der Waals surface area (Å²) >= 11 is 0. The number of nitrogens with one attached hydrogen (secondary N) is 2. The number of pyridine rings is 1. The summed E-state index contributed by atoms with van der Waals surface area (Å²) in [4.78, 5) is 11.3. The van der Waals surface area contributed by atoms with E-state index in [-0.39, 0.29) is 30.1 Å². The van der Waals surface area contributed by atoms with Crippen LogP contribution in [-0.4, -0.2) is 49.8 Å². The van der Waals surface area contributed by atoms with Crippen molar-refractivity contribution in [2.45, 2.75) is 58.2 Å². The SMILES string of the molecule is CN=C(NCc1ccc(N2CCOC(C)C2)nc1)NC1CCC(C)CC1.I. The van der Waals surface area contributed by atoms with E-state index in [9.17, 15) is 0 Å². The molecule has 7 heteroatoms. The minimum atomic E-state index is 0. The fraction of sp³-hybridized carbons (Fsp3) is 0.700. The van der Waals surface area contributed by atoms with Gasteiger partial charge in [0, 0.05) is 38.9 Å². The number of aliphatic imine (C=N–C) groups is 1. The molecule has 152 valence electrons. The summed E-state index contributed by atoms with van der Waals surface area (Å²) in [7, 11) is 1.84. The average Bonchev–Trinajstić information content (AvgIpc) is 2.67. The molecule has 0 amide bonds. The Hall–Kier alpha value is -1.09. The van der Waals surface area contributed by atoms with E-state index in [4.69, 9.17) is 4.74 Å². The minimum Gasteiger partial charge on any atom is -0.375 e. The van der Waals surface area contributed by atoms with E-state index in [1.165, 1.54) is 25.7 Å². The van der Waals surface area contributed by atoms with Crippen LogP contribution in [-0.2, 0) is 11.3 Å². The van der Waals surface area contributed by atoms with Gasteiger partial charge in [0.05, 0.1) is 12.7 Å². The Morgan fingerprint density at radius 3 is 2.67 bits per heavy atom. The van der Waals surface area contributed by atoms with Crippen molar-refractivity contribution in [1.29, 1.82) is 0 Å². The number of nitrogens with zero attached hydrogens (tertiary/aromatic N) is 3. The first-order valence-electron chi connectivity index (χ1n) is 9.92. The molecule has 0 spiro atoms.